The van der Waals surface area contributed by atoms with Gasteiger partial charge in [-0.3, -0.25) is 14.9 Å². The second kappa shape index (κ2) is 7.90. The van der Waals surface area contributed by atoms with Crippen molar-refractivity contribution < 1.29 is 9.59 Å². The Bertz CT molecular complexity index is 793. The Kier molecular flexibility index (Phi) is 5.89. The molecule has 0 unspecified atom stereocenters. The highest BCUT2D eigenvalue weighted by Gasteiger charge is 2.12. The number of halogens is 1. The summed E-state index contributed by atoms with van der Waals surface area (Å²) < 4.78 is 0. The van der Waals surface area contributed by atoms with Crippen LogP contribution in [0.15, 0.2) is 48.5 Å². The third-order valence-electron chi connectivity index (χ3n) is 3.12. The van der Waals surface area contributed by atoms with Gasteiger partial charge in [-0.15, -0.1) is 0 Å². The number of hydrogen-bond donors (Lipinski definition) is 2. The maximum atomic E-state index is 12.1. The summed E-state index contributed by atoms with van der Waals surface area (Å²) in [4.78, 5) is 25.6. The Balaban J connectivity index is 2.05. The molecule has 7 heteroatoms. The van der Waals surface area contributed by atoms with Gasteiger partial charge in [-0.1, -0.05) is 29.8 Å². The summed E-state index contributed by atoms with van der Waals surface area (Å²) >= 11 is 11.1. The number of amides is 2. The molecule has 24 heavy (non-hydrogen) atoms. The molecule has 0 bridgehead atoms. The van der Waals surface area contributed by atoms with E-state index in [0.29, 0.717) is 21.8 Å². The van der Waals surface area contributed by atoms with Gasteiger partial charge in [0.05, 0.1) is 10.6 Å². The first-order chi connectivity index (χ1) is 11.4. The Morgan fingerprint density at radius 2 is 1.79 bits per heavy atom. The molecule has 0 aliphatic carbocycles. The quantitative estimate of drug-likeness (QED) is 0.824. The van der Waals surface area contributed by atoms with E-state index >= 15 is 0 Å². The van der Waals surface area contributed by atoms with Crippen molar-refractivity contribution in [1.82, 2.24) is 10.2 Å². The van der Waals surface area contributed by atoms with Crippen molar-refractivity contribution in [2.45, 2.75) is 0 Å². The van der Waals surface area contributed by atoms with Gasteiger partial charge in [0.15, 0.2) is 5.11 Å². The molecule has 0 aliphatic rings. The summed E-state index contributed by atoms with van der Waals surface area (Å²) in [5, 5.41) is 5.90. The topological polar surface area (TPSA) is 61.4 Å². The molecule has 0 atom stereocenters. The monoisotopic (exact) mass is 361 g/mol. The van der Waals surface area contributed by atoms with Gasteiger partial charge in [0.2, 0.25) is 0 Å². The van der Waals surface area contributed by atoms with E-state index < -0.39 is 5.91 Å². The van der Waals surface area contributed by atoms with Crippen LogP contribution in [0, 0.1) is 0 Å². The van der Waals surface area contributed by atoms with E-state index in [1.165, 1.54) is 4.90 Å². The van der Waals surface area contributed by atoms with Crippen LogP contribution in [-0.2, 0) is 0 Å². The molecule has 2 aromatic rings. The van der Waals surface area contributed by atoms with Crippen LogP contribution in [0.1, 0.15) is 20.7 Å². The minimum Gasteiger partial charge on any atom is -0.345 e. The van der Waals surface area contributed by atoms with Gasteiger partial charge in [0.25, 0.3) is 11.8 Å². The first kappa shape index (κ1) is 17.9. The molecule has 0 aromatic heterocycles. The first-order valence-corrected chi connectivity index (χ1v) is 7.85. The van der Waals surface area contributed by atoms with Gasteiger partial charge in [0.1, 0.15) is 0 Å². The second-order valence-electron chi connectivity index (χ2n) is 5.17. The summed E-state index contributed by atoms with van der Waals surface area (Å²) in [6, 6.07) is 13.5. The van der Waals surface area contributed by atoms with Gasteiger partial charge in [-0.25, -0.2) is 0 Å². The smallest absolute Gasteiger partial charge is 0.258 e. The van der Waals surface area contributed by atoms with Crippen molar-refractivity contribution in [3.63, 3.8) is 0 Å². The SMILES string of the molecule is CN(C)C(=O)c1cccc(NC(=S)NC(=O)c2ccccc2Cl)c1. The van der Waals surface area contributed by atoms with E-state index in [0.717, 1.165) is 0 Å². The highest BCUT2D eigenvalue weighted by Crippen LogP contribution is 2.15. The van der Waals surface area contributed by atoms with Crippen LogP contribution in [-0.4, -0.2) is 35.9 Å². The number of thiocarbonyl (C=S) groups is 1. The van der Waals surface area contributed by atoms with E-state index in [-0.39, 0.29) is 11.0 Å². The Labute approximate surface area is 150 Å². The van der Waals surface area contributed by atoms with Gasteiger partial charge in [-0.2, -0.15) is 0 Å². The molecule has 2 N–H and O–H groups in total. The van der Waals surface area contributed by atoms with Crippen LogP contribution >= 0.6 is 23.8 Å². The maximum Gasteiger partial charge on any atom is 0.258 e. The van der Waals surface area contributed by atoms with Gasteiger partial charge < -0.3 is 10.2 Å². The van der Waals surface area contributed by atoms with Crippen molar-refractivity contribution in [2.24, 2.45) is 0 Å². The van der Waals surface area contributed by atoms with E-state index in [2.05, 4.69) is 10.6 Å². The molecule has 124 valence electrons. The fraction of sp³-hybridized carbons (Fsp3) is 0.118. The lowest BCUT2D eigenvalue weighted by molar-refractivity contribution is 0.0827. The third kappa shape index (κ3) is 4.53. The molecule has 2 rings (SSSR count). The predicted octanol–water partition coefficient (Wildman–Crippen LogP) is 3.17. The molecule has 0 saturated carbocycles. The summed E-state index contributed by atoms with van der Waals surface area (Å²) in [5.41, 5.74) is 1.46. The highest BCUT2D eigenvalue weighted by atomic mass is 35.5. The van der Waals surface area contributed by atoms with E-state index in [9.17, 15) is 9.59 Å². The van der Waals surface area contributed by atoms with Crippen LogP contribution in [0.4, 0.5) is 5.69 Å². The van der Waals surface area contributed by atoms with Crippen molar-refractivity contribution in [1.29, 1.82) is 0 Å². The third-order valence-corrected chi connectivity index (χ3v) is 3.65. The van der Waals surface area contributed by atoms with Gasteiger partial charge >= 0.3 is 0 Å². The van der Waals surface area contributed by atoms with Crippen molar-refractivity contribution in [2.75, 3.05) is 19.4 Å². The standard InChI is InChI=1S/C17H16ClN3O2S/c1-21(2)16(23)11-6-5-7-12(10-11)19-17(24)20-15(22)13-8-3-4-9-14(13)18/h3-10H,1-2H3,(H2,19,20,22,24). The number of nitrogens with zero attached hydrogens (tertiary/aromatic N) is 1. The van der Waals surface area contributed by atoms with Gasteiger partial charge in [-0.05, 0) is 42.5 Å². The fourth-order valence-corrected chi connectivity index (χ4v) is 2.40. The summed E-state index contributed by atoms with van der Waals surface area (Å²) in [6.45, 7) is 0. The molecule has 0 fully saturated rings. The number of rotatable bonds is 3. The van der Waals surface area contributed by atoms with Crippen molar-refractivity contribution >= 4 is 46.4 Å². The molecule has 0 aliphatic heterocycles. The first-order valence-electron chi connectivity index (χ1n) is 7.07. The Morgan fingerprint density at radius 1 is 1.08 bits per heavy atom. The van der Waals surface area contributed by atoms with Crippen LogP contribution in [0.25, 0.3) is 0 Å². The van der Waals surface area contributed by atoms with E-state index in [4.69, 9.17) is 23.8 Å². The van der Waals surface area contributed by atoms with Crippen molar-refractivity contribution in [3.8, 4) is 0 Å². The lowest BCUT2D eigenvalue weighted by Crippen LogP contribution is -2.34. The summed E-state index contributed by atoms with van der Waals surface area (Å²) in [6.07, 6.45) is 0. The summed E-state index contributed by atoms with van der Waals surface area (Å²) in [7, 11) is 3.35. The molecule has 0 saturated heterocycles. The Hall–Kier alpha value is -2.44. The fourth-order valence-electron chi connectivity index (χ4n) is 1.97. The van der Waals surface area contributed by atoms with E-state index in [1.807, 2.05) is 0 Å². The molecular weight excluding hydrogens is 346 g/mol. The normalized spacial score (nSPS) is 9.96. The minimum atomic E-state index is -0.404. The number of carbonyl (C=O) groups is 2. The average Bonchev–Trinajstić information content (AvgIpc) is 2.54. The molecule has 2 aromatic carbocycles. The number of nitrogens with one attached hydrogen (secondary N) is 2. The van der Waals surface area contributed by atoms with Gasteiger partial charge in [0, 0.05) is 25.3 Å². The summed E-state index contributed by atoms with van der Waals surface area (Å²) in [5.74, 6) is -0.525. The van der Waals surface area contributed by atoms with Crippen LogP contribution in [0.2, 0.25) is 5.02 Å². The molecule has 0 spiro atoms. The lowest BCUT2D eigenvalue weighted by atomic mass is 10.2. The van der Waals surface area contributed by atoms with Crippen molar-refractivity contribution in [3.05, 3.63) is 64.7 Å². The zero-order valence-corrected chi connectivity index (χ0v) is 14.7. The number of anilines is 1. The van der Waals surface area contributed by atoms with Crippen LogP contribution < -0.4 is 10.6 Å². The zero-order chi connectivity index (χ0) is 17.7. The molecule has 0 heterocycles. The lowest BCUT2D eigenvalue weighted by Gasteiger charge is -2.13. The average molecular weight is 362 g/mol. The number of carbonyl (C=O) groups excluding carboxylic acids is 2. The minimum absolute atomic E-state index is 0.120. The Morgan fingerprint density at radius 3 is 2.46 bits per heavy atom. The molecule has 2 amide bonds. The van der Waals surface area contributed by atoms with Crippen LogP contribution in [0.3, 0.4) is 0 Å². The predicted molar refractivity (Wildman–Crippen MR) is 99.6 cm³/mol. The highest BCUT2D eigenvalue weighted by molar-refractivity contribution is 7.80. The number of hydrogen-bond acceptors (Lipinski definition) is 3. The van der Waals surface area contributed by atoms with Crippen LogP contribution in [0.5, 0.6) is 0 Å². The second-order valence-corrected chi connectivity index (χ2v) is 5.98. The largest absolute Gasteiger partial charge is 0.345 e. The molecular formula is C17H16ClN3O2S. The zero-order valence-electron chi connectivity index (χ0n) is 13.2. The van der Waals surface area contributed by atoms with E-state index in [1.54, 1.807) is 62.6 Å². The maximum absolute atomic E-state index is 12.1. The molecule has 5 nitrogen and oxygen atoms in total. The molecule has 0 radical (unpaired) electrons. The number of benzene rings is 2.